The van der Waals surface area contributed by atoms with Gasteiger partial charge in [-0.25, -0.2) is 5.43 Å². The summed E-state index contributed by atoms with van der Waals surface area (Å²) in [6.45, 7) is 0.188. The first kappa shape index (κ1) is 14.5. The third-order valence-electron chi connectivity index (χ3n) is 2.52. The van der Waals surface area contributed by atoms with Gasteiger partial charge in [0.2, 0.25) is 0 Å². The third kappa shape index (κ3) is 4.65. The predicted octanol–water partition coefficient (Wildman–Crippen LogP) is 2.85. The minimum Gasteiger partial charge on any atom is -0.376 e. The van der Waals surface area contributed by atoms with Gasteiger partial charge >= 0.3 is 0 Å². The number of anilines is 1. The number of amides is 1. The summed E-state index contributed by atoms with van der Waals surface area (Å²) in [4.78, 5) is 11.6. The summed E-state index contributed by atoms with van der Waals surface area (Å²) in [7, 11) is 0. The fourth-order valence-corrected chi connectivity index (χ4v) is 2.06. The molecule has 4 nitrogen and oxygen atoms in total. The summed E-state index contributed by atoms with van der Waals surface area (Å²) >= 11 is 2.23. The lowest BCUT2D eigenvalue weighted by molar-refractivity contribution is -0.119. The zero-order valence-electron chi connectivity index (χ0n) is 10.7. The Labute approximate surface area is 131 Å². The second-order valence-corrected chi connectivity index (χ2v) is 5.20. The molecule has 2 aromatic rings. The number of carbonyl (C=O) groups excluding carboxylic acids is 1. The van der Waals surface area contributed by atoms with Crippen LogP contribution in [0.4, 0.5) is 5.69 Å². The van der Waals surface area contributed by atoms with E-state index >= 15 is 0 Å². The van der Waals surface area contributed by atoms with Crippen LogP contribution in [0.15, 0.2) is 59.7 Å². The molecule has 0 aliphatic rings. The number of nitrogens with zero attached hydrogens (tertiary/aromatic N) is 1. The van der Waals surface area contributed by atoms with Crippen molar-refractivity contribution in [1.82, 2.24) is 5.43 Å². The van der Waals surface area contributed by atoms with E-state index < -0.39 is 0 Å². The van der Waals surface area contributed by atoms with Crippen LogP contribution in [0.2, 0.25) is 0 Å². The van der Waals surface area contributed by atoms with E-state index in [0.717, 1.165) is 14.8 Å². The molecule has 0 aromatic heterocycles. The van der Waals surface area contributed by atoms with Crippen molar-refractivity contribution in [3.05, 3.63) is 63.7 Å². The Bertz CT molecular complexity index is 599. The van der Waals surface area contributed by atoms with Crippen molar-refractivity contribution in [2.24, 2.45) is 5.10 Å². The summed E-state index contributed by atoms with van der Waals surface area (Å²) in [6, 6.07) is 17.4. The molecule has 0 radical (unpaired) electrons. The fraction of sp³-hybridized carbons (Fsp3) is 0.0667. The molecule has 2 rings (SSSR count). The molecule has 0 atom stereocenters. The van der Waals surface area contributed by atoms with Crippen LogP contribution < -0.4 is 10.7 Å². The maximum Gasteiger partial charge on any atom is 0.259 e. The summed E-state index contributed by atoms with van der Waals surface area (Å²) in [5.41, 5.74) is 4.38. The van der Waals surface area contributed by atoms with Crippen LogP contribution >= 0.6 is 22.6 Å². The standard InChI is InChI=1S/C15H14IN3O/c16-14-9-5-4-6-12(14)10-18-19-15(20)11-17-13-7-2-1-3-8-13/h1-10,17H,11H2,(H,19,20)/b18-10-. The second kappa shape index (κ2) is 7.64. The van der Waals surface area contributed by atoms with Crippen LogP contribution in [0.5, 0.6) is 0 Å². The number of benzene rings is 2. The lowest BCUT2D eigenvalue weighted by atomic mass is 10.2. The van der Waals surface area contributed by atoms with E-state index in [0.29, 0.717) is 0 Å². The lowest BCUT2D eigenvalue weighted by Gasteiger charge is -2.04. The van der Waals surface area contributed by atoms with E-state index in [1.165, 1.54) is 0 Å². The molecule has 0 heterocycles. The topological polar surface area (TPSA) is 53.5 Å². The number of halogens is 1. The van der Waals surface area contributed by atoms with Gasteiger partial charge in [-0.15, -0.1) is 0 Å². The van der Waals surface area contributed by atoms with Crippen molar-refractivity contribution >= 4 is 40.4 Å². The van der Waals surface area contributed by atoms with Gasteiger partial charge in [0.05, 0.1) is 12.8 Å². The highest BCUT2D eigenvalue weighted by molar-refractivity contribution is 14.1. The molecule has 0 saturated heterocycles. The van der Waals surface area contributed by atoms with E-state index in [9.17, 15) is 4.79 Å². The number of hydrazone groups is 1. The minimum absolute atomic E-state index is 0.184. The van der Waals surface area contributed by atoms with Crippen molar-refractivity contribution in [2.75, 3.05) is 11.9 Å². The second-order valence-electron chi connectivity index (χ2n) is 4.03. The number of para-hydroxylation sites is 1. The van der Waals surface area contributed by atoms with Gasteiger partial charge in [0.15, 0.2) is 0 Å². The minimum atomic E-state index is -0.184. The first-order chi connectivity index (χ1) is 9.75. The lowest BCUT2D eigenvalue weighted by Crippen LogP contribution is -2.25. The van der Waals surface area contributed by atoms with Gasteiger partial charge in [-0.1, -0.05) is 36.4 Å². The average molecular weight is 379 g/mol. The van der Waals surface area contributed by atoms with Gasteiger partial charge in [-0.05, 0) is 40.8 Å². The van der Waals surface area contributed by atoms with Crippen molar-refractivity contribution < 1.29 is 4.79 Å². The molecule has 0 unspecified atom stereocenters. The third-order valence-corrected chi connectivity index (χ3v) is 3.51. The molecule has 2 N–H and O–H groups in total. The summed E-state index contributed by atoms with van der Waals surface area (Å²) in [5.74, 6) is -0.184. The maximum absolute atomic E-state index is 11.6. The van der Waals surface area contributed by atoms with E-state index in [4.69, 9.17) is 0 Å². The highest BCUT2D eigenvalue weighted by Crippen LogP contribution is 2.08. The quantitative estimate of drug-likeness (QED) is 0.477. The normalized spacial score (nSPS) is 10.4. The monoisotopic (exact) mass is 379 g/mol. The predicted molar refractivity (Wildman–Crippen MR) is 89.8 cm³/mol. The number of hydrogen-bond acceptors (Lipinski definition) is 3. The Morgan fingerprint density at radius 3 is 2.55 bits per heavy atom. The Balaban J connectivity index is 1.79. The molecule has 102 valence electrons. The Morgan fingerprint density at radius 1 is 1.10 bits per heavy atom. The first-order valence-corrected chi connectivity index (χ1v) is 7.19. The molecule has 0 aliphatic heterocycles. The molecule has 0 fully saturated rings. The van der Waals surface area contributed by atoms with Crippen LogP contribution in [-0.4, -0.2) is 18.7 Å². The summed E-state index contributed by atoms with van der Waals surface area (Å²) in [6.07, 6.45) is 1.64. The van der Waals surface area contributed by atoms with Crippen LogP contribution in [0, 0.1) is 3.57 Å². The molecule has 1 amide bonds. The van der Waals surface area contributed by atoms with Crippen LogP contribution in [0.25, 0.3) is 0 Å². The Kier molecular flexibility index (Phi) is 5.55. The average Bonchev–Trinajstić information content (AvgIpc) is 2.48. The van der Waals surface area contributed by atoms with Crippen molar-refractivity contribution in [1.29, 1.82) is 0 Å². The van der Waals surface area contributed by atoms with Crippen molar-refractivity contribution in [3.63, 3.8) is 0 Å². The van der Waals surface area contributed by atoms with Gasteiger partial charge in [0.25, 0.3) is 5.91 Å². The van der Waals surface area contributed by atoms with Gasteiger partial charge < -0.3 is 5.32 Å². The van der Waals surface area contributed by atoms with Gasteiger partial charge in [0.1, 0.15) is 0 Å². The van der Waals surface area contributed by atoms with Crippen molar-refractivity contribution in [2.45, 2.75) is 0 Å². The molecular formula is C15H14IN3O. The zero-order chi connectivity index (χ0) is 14.2. The van der Waals surface area contributed by atoms with Gasteiger partial charge in [-0.3, -0.25) is 4.79 Å². The molecule has 2 aromatic carbocycles. The van der Waals surface area contributed by atoms with Crippen LogP contribution in [0.1, 0.15) is 5.56 Å². The summed E-state index contributed by atoms with van der Waals surface area (Å²) in [5, 5.41) is 6.96. The molecule has 0 aliphatic carbocycles. The Morgan fingerprint density at radius 2 is 1.80 bits per heavy atom. The number of nitrogens with one attached hydrogen (secondary N) is 2. The molecular weight excluding hydrogens is 365 g/mol. The largest absolute Gasteiger partial charge is 0.376 e. The fourth-order valence-electron chi connectivity index (χ4n) is 1.53. The molecule has 20 heavy (non-hydrogen) atoms. The van der Waals surface area contributed by atoms with E-state index in [1.807, 2.05) is 54.6 Å². The highest BCUT2D eigenvalue weighted by Gasteiger charge is 1.99. The first-order valence-electron chi connectivity index (χ1n) is 6.11. The molecule has 0 bridgehead atoms. The Hall–Kier alpha value is -1.89. The van der Waals surface area contributed by atoms with E-state index in [2.05, 4.69) is 38.4 Å². The highest BCUT2D eigenvalue weighted by atomic mass is 127. The molecule has 0 spiro atoms. The van der Waals surface area contributed by atoms with Crippen LogP contribution in [0.3, 0.4) is 0 Å². The van der Waals surface area contributed by atoms with Gasteiger partial charge in [0, 0.05) is 14.8 Å². The number of rotatable bonds is 5. The molecule has 0 saturated carbocycles. The number of carbonyl (C=O) groups is 1. The number of hydrogen-bond donors (Lipinski definition) is 2. The SMILES string of the molecule is O=C(CNc1ccccc1)N/N=C\c1ccccc1I. The maximum atomic E-state index is 11.6. The van der Waals surface area contributed by atoms with E-state index in [-0.39, 0.29) is 12.5 Å². The molecule has 5 heteroatoms. The summed E-state index contributed by atoms with van der Waals surface area (Å²) < 4.78 is 1.09. The smallest absolute Gasteiger partial charge is 0.259 e. The van der Waals surface area contributed by atoms with Crippen molar-refractivity contribution in [3.8, 4) is 0 Å². The van der Waals surface area contributed by atoms with E-state index in [1.54, 1.807) is 6.21 Å². The van der Waals surface area contributed by atoms with Crippen LogP contribution in [-0.2, 0) is 4.79 Å². The van der Waals surface area contributed by atoms with Gasteiger partial charge in [-0.2, -0.15) is 5.10 Å². The zero-order valence-corrected chi connectivity index (χ0v) is 12.9.